The van der Waals surface area contributed by atoms with Crippen LogP contribution in [0.2, 0.25) is 0 Å². The lowest BCUT2D eigenvalue weighted by Gasteiger charge is -2.33. The molecule has 1 N–H and O–H groups in total. The summed E-state index contributed by atoms with van der Waals surface area (Å²) in [7, 11) is 2.76. The van der Waals surface area contributed by atoms with E-state index in [0.717, 1.165) is 22.3 Å². The average Bonchev–Trinajstić information content (AvgIpc) is 3.82. The number of Topliss-reactive ketones (excluding diaryl/α,β-unsaturated/α-hetero) is 2. The van der Waals surface area contributed by atoms with Gasteiger partial charge in [-0.05, 0) is 101 Å². The van der Waals surface area contributed by atoms with Crippen molar-refractivity contribution in [3.63, 3.8) is 0 Å². The summed E-state index contributed by atoms with van der Waals surface area (Å²) in [5.74, 6) is -2.50. The number of amides is 3. The van der Waals surface area contributed by atoms with E-state index in [2.05, 4.69) is 5.32 Å². The number of methoxy groups -OCH3 is 2. The number of carbonyl (C=O) groups excluding carboxylic acids is 7. The maximum atomic E-state index is 13.8. The van der Waals surface area contributed by atoms with Crippen LogP contribution in [0.15, 0.2) is 30.3 Å². The van der Waals surface area contributed by atoms with Gasteiger partial charge in [0.05, 0.1) is 13.7 Å². The minimum atomic E-state index is -1.05. The molecule has 6 rings (SSSR count). The van der Waals surface area contributed by atoms with E-state index in [1.54, 1.807) is 66.0 Å². The van der Waals surface area contributed by atoms with Crippen LogP contribution in [0.25, 0.3) is 11.1 Å². The summed E-state index contributed by atoms with van der Waals surface area (Å²) in [5.41, 5.74) is 2.98. The Bertz CT molecular complexity index is 2040. The average molecular weight is 834 g/mol. The van der Waals surface area contributed by atoms with Gasteiger partial charge in [-0.15, -0.1) is 0 Å². The van der Waals surface area contributed by atoms with Crippen LogP contribution in [-0.4, -0.2) is 121 Å². The lowest BCUT2D eigenvalue weighted by atomic mass is 9.84. The summed E-state index contributed by atoms with van der Waals surface area (Å²) < 4.78 is 32.9. The van der Waals surface area contributed by atoms with Crippen LogP contribution < -0.4 is 10.1 Å². The van der Waals surface area contributed by atoms with Crippen molar-refractivity contribution in [3.05, 3.63) is 52.6 Å². The standard InChI is InChI=1S/C44H55N3O13/c1-23(2)37(45-42(53)56-8)39(50)47-24(3)9-13-32(47)41(52)59-35-14-11-26-17-31-29-12-10-27(16-28(29)21-57-36(31)18-30(26)38(35)49)34(48)22-58-40(51)33-15-25(20-55-7)19-46(33)43(54)60-44(4,5)6/h10,12,16-18,23-25,32-33,35,37H,9,11,13-15,19-22H2,1-8H3,(H,45,53)/t24-,25?,32-,33?,35?,37-/m0/s1. The molecule has 1 aliphatic carbocycles. The Hall–Kier alpha value is -5.51. The first kappa shape index (κ1) is 44.1. The molecule has 3 heterocycles. The zero-order valence-electron chi connectivity index (χ0n) is 35.5. The molecule has 2 aromatic carbocycles. The number of benzene rings is 2. The summed E-state index contributed by atoms with van der Waals surface area (Å²) >= 11 is 0. The first-order valence-corrected chi connectivity index (χ1v) is 20.4. The van der Waals surface area contributed by atoms with Gasteiger partial charge in [0.2, 0.25) is 11.7 Å². The molecule has 0 saturated carbocycles. The number of hydrogen-bond acceptors (Lipinski definition) is 13. The number of fused-ring (bicyclic) bond motifs is 4. The van der Waals surface area contributed by atoms with E-state index in [1.165, 1.54) is 16.9 Å². The number of esters is 2. The molecule has 6 atom stereocenters. The lowest BCUT2D eigenvalue weighted by Crippen LogP contribution is -2.56. The second kappa shape index (κ2) is 18.0. The van der Waals surface area contributed by atoms with E-state index in [-0.39, 0.29) is 43.2 Å². The molecule has 2 fully saturated rings. The molecule has 324 valence electrons. The number of ketones is 2. The minimum absolute atomic E-state index is 0.0968. The van der Waals surface area contributed by atoms with Gasteiger partial charge < -0.3 is 38.6 Å². The largest absolute Gasteiger partial charge is 0.488 e. The van der Waals surface area contributed by atoms with Crippen LogP contribution in [-0.2, 0) is 51.1 Å². The van der Waals surface area contributed by atoms with Gasteiger partial charge in [-0.2, -0.15) is 0 Å². The normalized spacial score (nSPS) is 22.5. The zero-order valence-corrected chi connectivity index (χ0v) is 35.5. The number of nitrogens with one attached hydrogen (secondary N) is 1. The Labute approximate surface area is 349 Å². The van der Waals surface area contributed by atoms with Crippen molar-refractivity contribution in [3.8, 4) is 16.9 Å². The van der Waals surface area contributed by atoms with E-state index >= 15 is 0 Å². The number of aryl methyl sites for hydroxylation is 1. The fourth-order valence-corrected chi connectivity index (χ4v) is 8.41. The lowest BCUT2D eigenvalue weighted by molar-refractivity contribution is -0.158. The smallest absolute Gasteiger partial charge is 0.411 e. The van der Waals surface area contributed by atoms with Gasteiger partial charge in [0.25, 0.3) is 0 Å². The highest BCUT2D eigenvalue weighted by molar-refractivity contribution is 6.04. The van der Waals surface area contributed by atoms with Gasteiger partial charge in [-0.25, -0.2) is 19.2 Å². The van der Waals surface area contributed by atoms with Crippen LogP contribution in [0, 0.1) is 11.8 Å². The maximum absolute atomic E-state index is 13.8. The Morgan fingerprint density at radius 3 is 2.35 bits per heavy atom. The zero-order chi connectivity index (χ0) is 43.6. The van der Waals surface area contributed by atoms with Crippen LogP contribution in [0.3, 0.4) is 0 Å². The Morgan fingerprint density at radius 1 is 0.917 bits per heavy atom. The molecule has 2 saturated heterocycles. The highest BCUT2D eigenvalue weighted by Crippen LogP contribution is 2.42. The summed E-state index contributed by atoms with van der Waals surface area (Å²) in [5, 5.41) is 2.57. The third kappa shape index (κ3) is 9.43. The van der Waals surface area contributed by atoms with E-state index in [9.17, 15) is 33.6 Å². The van der Waals surface area contributed by atoms with Crippen molar-refractivity contribution in [2.24, 2.45) is 11.8 Å². The van der Waals surface area contributed by atoms with Crippen molar-refractivity contribution in [2.75, 3.05) is 34.0 Å². The number of rotatable bonds is 11. The number of ether oxygens (including phenoxy) is 6. The molecule has 16 nitrogen and oxygen atoms in total. The number of alkyl carbamates (subject to hydrolysis) is 1. The summed E-state index contributed by atoms with van der Waals surface area (Å²) in [6.45, 7) is 10.8. The third-order valence-electron chi connectivity index (χ3n) is 11.4. The predicted octanol–water partition coefficient (Wildman–Crippen LogP) is 5.04. The van der Waals surface area contributed by atoms with E-state index in [4.69, 9.17) is 28.4 Å². The molecule has 0 spiro atoms. The van der Waals surface area contributed by atoms with Gasteiger partial charge in [0, 0.05) is 42.3 Å². The molecule has 0 aromatic heterocycles. The van der Waals surface area contributed by atoms with Crippen molar-refractivity contribution in [1.29, 1.82) is 0 Å². The number of likely N-dealkylation sites (tertiary alicyclic amines) is 2. The molecule has 2 aromatic rings. The molecule has 16 heteroatoms. The highest BCUT2D eigenvalue weighted by Gasteiger charge is 2.45. The Kier molecular flexibility index (Phi) is 13.2. The monoisotopic (exact) mass is 833 g/mol. The van der Waals surface area contributed by atoms with Gasteiger partial charge in [0.15, 0.2) is 18.5 Å². The first-order valence-electron chi connectivity index (χ1n) is 20.4. The number of nitrogens with zero attached hydrogens (tertiary/aromatic N) is 2. The Balaban J connectivity index is 1.10. The minimum Gasteiger partial charge on any atom is -0.488 e. The van der Waals surface area contributed by atoms with Crippen molar-refractivity contribution in [2.45, 2.75) is 116 Å². The maximum Gasteiger partial charge on any atom is 0.411 e. The number of carbonyl (C=O) groups is 7. The summed E-state index contributed by atoms with van der Waals surface area (Å²) in [6, 6.07) is 5.65. The highest BCUT2D eigenvalue weighted by atomic mass is 16.6. The molecular weight excluding hydrogens is 778 g/mol. The molecule has 3 amide bonds. The Morgan fingerprint density at radius 2 is 1.67 bits per heavy atom. The van der Waals surface area contributed by atoms with Gasteiger partial charge >= 0.3 is 24.1 Å². The van der Waals surface area contributed by atoms with Crippen LogP contribution >= 0.6 is 0 Å². The molecule has 4 aliphatic rings. The van der Waals surface area contributed by atoms with E-state index in [1.807, 2.05) is 13.0 Å². The summed E-state index contributed by atoms with van der Waals surface area (Å²) in [6.07, 6.45) is -0.538. The topological polar surface area (TPSA) is 193 Å². The van der Waals surface area contributed by atoms with E-state index in [0.29, 0.717) is 49.2 Å². The molecule has 60 heavy (non-hydrogen) atoms. The SMILES string of the molecule is COCC1CC(C(=O)OCC(=O)c2ccc3c(c2)COc2cc4c(cc2-3)CCC(OC(=O)[C@@H]2CC[C@H](C)N2C(=O)[C@@H](NC(=O)OC)C(C)C)C4=O)N(C(=O)OC(C)(C)C)C1. The third-order valence-corrected chi connectivity index (χ3v) is 11.4. The quantitative estimate of drug-likeness (QED) is 0.180. The molecule has 3 aliphatic heterocycles. The van der Waals surface area contributed by atoms with Gasteiger partial charge in [-0.3, -0.25) is 19.3 Å². The second-order valence-electron chi connectivity index (χ2n) is 17.3. The van der Waals surface area contributed by atoms with Gasteiger partial charge in [0.1, 0.15) is 36.1 Å². The van der Waals surface area contributed by atoms with Crippen molar-refractivity contribution in [1.82, 2.24) is 15.1 Å². The van der Waals surface area contributed by atoms with Crippen molar-refractivity contribution < 1.29 is 62.0 Å². The van der Waals surface area contributed by atoms with Crippen LogP contribution in [0.1, 0.15) is 99.1 Å². The van der Waals surface area contributed by atoms with Crippen molar-refractivity contribution >= 4 is 41.6 Å². The molecule has 0 bridgehead atoms. The van der Waals surface area contributed by atoms with Gasteiger partial charge in [-0.1, -0.05) is 26.0 Å². The van der Waals surface area contributed by atoms with Crippen LogP contribution in [0.5, 0.6) is 5.75 Å². The second-order valence-corrected chi connectivity index (χ2v) is 17.3. The van der Waals surface area contributed by atoms with E-state index < -0.39 is 72.3 Å². The van der Waals surface area contributed by atoms with Crippen LogP contribution in [0.4, 0.5) is 9.59 Å². The number of hydrogen-bond donors (Lipinski definition) is 1. The molecule has 0 radical (unpaired) electrons. The first-order chi connectivity index (χ1) is 28.4. The fraction of sp³-hybridized carbons (Fsp3) is 0.568. The predicted molar refractivity (Wildman–Crippen MR) is 214 cm³/mol. The fourth-order valence-electron chi connectivity index (χ4n) is 8.41. The molecular formula is C44H55N3O13. The summed E-state index contributed by atoms with van der Waals surface area (Å²) in [4.78, 5) is 95.3. The molecule has 3 unspecified atom stereocenters.